The molecule has 3 rings (SSSR count). The lowest BCUT2D eigenvalue weighted by atomic mass is 10.1. The number of rotatable bonds is 11. The van der Waals surface area contributed by atoms with Crippen molar-refractivity contribution < 1.29 is 18.0 Å². The molecular weight excluding hydrogens is 474 g/mol. The van der Waals surface area contributed by atoms with Crippen molar-refractivity contribution in [3.05, 3.63) is 96.1 Å². The summed E-state index contributed by atoms with van der Waals surface area (Å²) in [5.74, 6) is -0.726. The van der Waals surface area contributed by atoms with Crippen molar-refractivity contribution in [1.82, 2.24) is 10.2 Å². The van der Waals surface area contributed by atoms with Crippen LogP contribution in [0.4, 0.5) is 5.69 Å². The second-order valence-corrected chi connectivity index (χ2v) is 10.4. The molecule has 0 fully saturated rings. The quantitative estimate of drug-likeness (QED) is 0.423. The summed E-state index contributed by atoms with van der Waals surface area (Å²) in [6.45, 7) is 5.79. The van der Waals surface area contributed by atoms with Gasteiger partial charge in [-0.15, -0.1) is 0 Å². The third kappa shape index (κ3) is 6.51. The smallest absolute Gasteiger partial charge is 0.264 e. The minimum absolute atomic E-state index is 0.0858. The van der Waals surface area contributed by atoms with E-state index in [2.05, 4.69) is 5.32 Å². The van der Waals surface area contributed by atoms with E-state index in [0.29, 0.717) is 18.7 Å². The molecule has 0 saturated carbocycles. The standard InChI is InChI=1S/C28H33N3O4S/c1-4-26(28(33)29-5-2)30(20-23-14-12-13-22(3)19-23)27(32)21-31(24-15-8-6-9-16-24)36(34,35)25-17-10-7-11-18-25/h6-19,26H,4-5,20-21H2,1-3H3,(H,29,33)/t26-/m0/s1. The molecule has 8 heteroatoms. The lowest BCUT2D eigenvalue weighted by Gasteiger charge is -2.33. The second kappa shape index (κ2) is 12.4. The Morgan fingerprint density at radius 2 is 1.53 bits per heavy atom. The van der Waals surface area contributed by atoms with Gasteiger partial charge in [0.05, 0.1) is 10.6 Å². The number of likely N-dealkylation sites (N-methyl/N-ethyl adjacent to an activating group) is 1. The van der Waals surface area contributed by atoms with Crippen LogP contribution >= 0.6 is 0 Å². The highest BCUT2D eigenvalue weighted by Crippen LogP contribution is 2.24. The van der Waals surface area contributed by atoms with Crippen molar-refractivity contribution in [2.75, 3.05) is 17.4 Å². The van der Waals surface area contributed by atoms with Crippen LogP contribution in [-0.4, -0.2) is 44.3 Å². The van der Waals surface area contributed by atoms with E-state index in [1.165, 1.54) is 17.0 Å². The summed E-state index contributed by atoms with van der Waals surface area (Å²) in [7, 11) is -4.04. The van der Waals surface area contributed by atoms with Crippen LogP contribution in [-0.2, 0) is 26.2 Å². The number of nitrogens with zero attached hydrogens (tertiary/aromatic N) is 2. The zero-order valence-corrected chi connectivity index (χ0v) is 21.7. The maximum absolute atomic E-state index is 13.8. The fourth-order valence-corrected chi connectivity index (χ4v) is 5.50. The molecule has 0 bridgehead atoms. The summed E-state index contributed by atoms with van der Waals surface area (Å²) >= 11 is 0. The van der Waals surface area contributed by atoms with E-state index in [-0.39, 0.29) is 17.3 Å². The Morgan fingerprint density at radius 1 is 0.889 bits per heavy atom. The van der Waals surface area contributed by atoms with E-state index < -0.39 is 28.5 Å². The molecule has 3 aromatic carbocycles. The second-order valence-electron chi connectivity index (χ2n) is 8.49. The number of aryl methyl sites for hydroxylation is 1. The van der Waals surface area contributed by atoms with Crippen molar-refractivity contribution in [2.45, 2.75) is 44.7 Å². The van der Waals surface area contributed by atoms with Crippen LogP contribution in [0.15, 0.2) is 89.8 Å². The van der Waals surface area contributed by atoms with Gasteiger partial charge < -0.3 is 10.2 Å². The van der Waals surface area contributed by atoms with Crippen molar-refractivity contribution in [3.8, 4) is 0 Å². The number of benzene rings is 3. The average Bonchev–Trinajstić information content (AvgIpc) is 2.88. The summed E-state index contributed by atoms with van der Waals surface area (Å²) in [6.07, 6.45) is 0.389. The molecule has 0 spiro atoms. The summed E-state index contributed by atoms with van der Waals surface area (Å²) < 4.78 is 28.4. The van der Waals surface area contributed by atoms with Gasteiger partial charge in [0.15, 0.2) is 0 Å². The molecule has 0 saturated heterocycles. The van der Waals surface area contributed by atoms with E-state index >= 15 is 0 Å². The molecule has 190 valence electrons. The van der Waals surface area contributed by atoms with Crippen LogP contribution in [0.2, 0.25) is 0 Å². The molecule has 36 heavy (non-hydrogen) atoms. The largest absolute Gasteiger partial charge is 0.355 e. The maximum atomic E-state index is 13.8. The van der Waals surface area contributed by atoms with Crippen molar-refractivity contribution in [1.29, 1.82) is 0 Å². The van der Waals surface area contributed by atoms with Gasteiger partial charge in [-0.3, -0.25) is 13.9 Å². The molecule has 3 aromatic rings. The van der Waals surface area contributed by atoms with Crippen LogP contribution in [0.5, 0.6) is 0 Å². The third-order valence-corrected chi connectivity index (χ3v) is 7.61. The molecule has 7 nitrogen and oxygen atoms in total. The number of carbonyl (C=O) groups excluding carboxylic acids is 2. The predicted octanol–water partition coefficient (Wildman–Crippen LogP) is 4.13. The molecule has 2 amide bonds. The molecular formula is C28H33N3O4S. The lowest BCUT2D eigenvalue weighted by Crippen LogP contribution is -2.52. The molecule has 0 aliphatic carbocycles. The fourth-order valence-electron chi connectivity index (χ4n) is 4.06. The number of sulfonamides is 1. The summed E-state index contributed by atoms with van der Waals surface area (Å²) in [5, 5.41) is 2.81. The number of carbonyl (C=O) groups is 2. The topological polar surface area (TPSA) is 86.8 Å². The normalized spacial score (nSPS) is 12.0. The Hall–Kier alpha value is -3.65. The molecule has 0 aliphatic heterocycles. The summed E-state index contributed by atoms with van der Waals surface area (Å²) in [4.78, 5) is 28.3. The van der Waals surface area contributed by atoms with Crippen LogP contribution < -0.4 is 9.62 Å². The van der Waals surface area contributed by atoms with Gasteiger partial charge in [0, 0.05) is 13.1 Å². The molecule has 1 N–H and O–H groups in total. The molecule has 0 aliphatic rings. The fraction of sp³-hybridized carbons (Fsp3) is 0.286. The number of para-hydroxylation sites is 1. The minimum atomic E-state index is -4.04. The highest BCUT2D eigenvalue weighted by Gasteiger charge is 2.33. The minimum Gasteiger partial charge on any atom is -0.355 e. The molecule has 0 aromatic heterocycles. The first kappa shape index (κ1) is 26.9. The van der Waals surface area contributed by atoms with Gasteiger partial charge in [-0.05, 0) is 50.1 Å². The van der Waals surface area contributed by atoms with Gasteiger partial charge in [-0.2, -0.15) is 0 Å². The van der Waals surface area contributed by atoms with Crippen LogP contribution in [0.25, 0.3) is 0 Å². The Morgan fingerprint density at radius 3 is 2.11 bits per heavy atom. The highest BCUT2D eigenvalue weighted by molar-refractivity contribution is 7.92. The summed E-state index contributed by atoms with van der Waals surface area (Å²) in [6, 6.07) is 23.5. The zero-order chi connectivity index (χ0) is 26.1. The molecule has 0 radical (unpaired) electrons. The number of anilines is 1. The van der Waals surface area contributed by atoms with E-state index in [4.69, 9.17) is 0 Å². The van der Waals surface area contributed by atoms with Gasteiger partial charge >= 0.3 is 0 Å². The Balaban J connectivity index is 2.02. The van der Waals surface area contributed by atoms with Crippen molar-refractivity contribution in [3.63, 3.8) is 0 Å². The lowest BCUT2D eigenvalue weighted by molar-refractivity contribution is -0.140. The average molecular weight is 508 g/mol. The highest BCUT2D eigenvalue weighted by atomic mass is 32.2. The van der Waals surface area contributed by atoms with E-state index in [0.717, 1.165) is 15.4 Å². The number of hydrogen-bond acceptors (Lipinski definition) is 4. The summed E-state index contributed by atoms with van der Waals surface area (Å²) in [5.41, 5.74) is 2.27. The Kier molecular flexibility index (Phi) is 9.25. The van der Waals surface area contributed by atoms with Gasteiger partial charge in [-0.25, -0.2) is 8.42 Å². The third-order valence-electron chi connectivity index (χ3n) is 5.83. The Bertz CT molecular complexity index is 1260. The van der Waals surface area contributed by atoms with E-state index in [1.807, 2.05) is 45.0 Å². The predicted molar refractivity (Wildman–Crippen MR) is 142 cm³/mol. The number of amides is 2. The molecule has 1 atom stereocenters. The van der Waals surface area contributed by atoms with Crippen molar-refractivity contribution in [2.24, 2.45) is 0 Å². The zero-order valence-electron chi connectivity index (χ0n) is 20.9. The number of hydrogen-bond donors (Lipinski definition) is 1. The first-order chi connectivity index (χ1) is 17.3. The van der Waals surface area contributed by atoms with E-state index in [9.17, 15) is 18.0 Å². The van der Waals surface area contributed by atoms with Crippen LogP contribution in [0.1, 0.15) is 31.4 Å². The first-order valence-electron chi connectivity index (χ1n) is 12.0. The molecule has 0 heterocycles. The Labute approximate surface area is 213 Å². The first-order valence-corrected chi connectivity index (χ1v) is 13.5. The SMILES string of the molecule is CCNC(=O)[C@H](CC)N(Cc1cccc(C)c1)C(=O)CN(c1ccccc1)S(=O)(=O)c1ccccc1. The monoisotopic (exact) mass is 507 g/mol. The van der Waals surface area contributed by atoms with Gasteiger partial charge in [0.25, 0.3) is 10.0 Å². The van der Waals surface area contributed by atoms with E-state index in [1.54, 1.807) is 48.5 Å². The van der Waals surface area contributed by atoms with Gasteiger partial charge in [0.1, 0.15) is 12.6 Å². The van der Waals surface area contributed by atoms with Gasteiger partial charge in [0.2, 0.25) is 11.8 Å². The van der Waals surface area contributed by atoms with Gasteiger partial charge in [-0.1, -0.05) is 73.2 Å². The van der Waals surface area contributed by atoms with Crippen molar-refractivity contribution >= 4 is 27.5 Å². The molecule has 0 unspecified atom stereocenters. The van der Waals surface area contributed by atoms with Crippen LogP contribution in [0.3, 0.4) is 0 Å². The van der Waals surface area contributed by atoms with Crippen LogP contribution in [0, 0.1) is 6.92 Å². The maximum Gasteiger partial charge on any atom is 0.264 e. The number of nitrogens with one attached hydrogen (secondary N) is 1.